The largest absolute Gasteiger partial charge is 0.379 e. The standard InChI is InChI=1S/C11H12F8S/c1-5-3-7(20-4-6(5)2)9(14,15)11(18,19)10(16,17)8(12)13/h7-8H,3-4H2,1-2H3. The van der Waals surface area contributed by atoms with Crippen molar-refractivity contribution in [3.05, 3.63) is 11.1 Å². The summed E-state index contributed by atoms with van der Waals surface area (Å²) < 4.78 is 103. The molecule has 0 spiro atoms. The molecule has 0 amide bonds. The Morgan fingerprint density at radius 2 is 1.50 bits per heavy atom. The highest BCUT2D eigenvalue weighted by Crippen LogP contribution is 2.54. The fourth-order valence-electron chi connectivity index (χ4n) is 1.65. The summed E-state index contributed by atoms with van der Waals surface area (Å²) in [5, 5.41) is -2.16. The van der Waals surface area contributed by atoms with Gasteiger partial charge >= 0.3 is 24.2 Å². The molecule has 0 nitrogen and oxygen atoms in total. The molecule has 1 aliphatic rings. The van der Waals surface area contributed by atoms with Gasteiger partial charge in [-0.1, -0.05) is 11.1 Å². The minimum Gasteiger partial charge on any atom is -0.203 e. The first kappa shape index (κ1) is 17.6. The van der Waals surface area contributed by atoms with E-state index in [-0.39, 0.29) is 5.75 Å². The van der Waals surface area contributed by atoms with Crippen molar-refractivity contribution in [2.24, 2.45) is 0 Å². The normalized spacial score (nSPS) is 22.6. The van der Waals surface area contributed by atoms with E-state index >= 15 is 0 Å². The van der Waals surface area contributed by atoms with Gasteiger partial charge in [0.2, 0.25) is 0 Å². The second kappa shape index (κ2) is 5.38. The van der Waals surface area contributed by atoms with E-state index in [4.69, 9.17) is 0 Å². The minimum atomic E-state index is -6.11. The van der Waals surface area contributed by atoms with E-state index in [2.05, 4.69) is 0 Å². The van der Waals surface area contributed by atoms with Gasteiger partial charge in [-0.15, -0.1) is 11.8 Å². The summed E-state index contributed by atoms with van der Waals surface area (Å²) in [6, 6.07) is 0. The van der Waals surface area contributed by atoms with Gasteiger partial charge in [0.05, 0.1) is 5.25 Å². The monoisotopic (exact) mass is 328 g/mol. The number of rotatable bonds is 4. The molecule has 0 bridgehead atoms. The van der Waals surface area contributed by atoms with Crippen molar-refractivity contribution in [3.8, 4) is 0 Å². The van der Waals surface area contributed by atoms with Gasteiger partial charge in [-0.3, -0.25) is 0 Å². The third-order valence-corrected chi connectivity index (χ3v) is 4.70. The van der Waals surface area contributed by atoms with Gasteiger partial charge in [-0.05, 0) is 20.3 Å². The molecular weight excluding hydrogens is 316 g/mol. The Bertz CT molecular complexity index is 401. The van der Waals surface area contributed by atoms with Crippen LogP contribution in [0.5, 0.6) is 0 Å². The predicted molar refractivity (Wildman–Crippen MR) is 60.1 cm³/mol. The fraction of sp³-hybridized carbons (Fsp3) is 0.818. The molecule has 1 heterocycles. The Morgan fingerprint density at radius 1 is 1.00 bits per heavy atom. The molecule has 1 aliphatic heterocycles. The summed E-state index contributed by atoms with van der Waals surface area (Å²) in [7, 11) is 0. The maximum atomic E-state index is 13.6. The third-order valence-electron chi connectivity index (χ3n) is 3.24. The van der Waals surface area contributed by atoms with Crippen molar-refractivity contribution in [2.75, 3.05) is 5.75 Å². The number of thioether (sulfide) groups is 1. The van der Waals surface area contributed by atoms with Gasteiger partial charge in [0.1, 0.15) is 0 Å². The molecule has 0 N–H and O–H groups in total. The molecule has 0 fully saturated rings. The Morgan fingerprint density at radius 3 is 1.90 bits per heavy atom. The molecule has 0 saturated carbocycles. The summed E-state index contributed by atoms with van der Waals surface area (Å²) in [4.78, 5) is 0. The van der Waals surface area contributed by atoms with Crippen LogP contribution in [0.15, 0.2) is 11.1 Å². The molecular formula is C11H12F8S. The molecule has 9 heteroatoms. The van der Waals surface area contributed by atoms with E-state index in [1.165, 1.54) is 6.92 Å². The number of allylic oxidation sites excluding steroid dienone is 1. The van der Waals surface area contributed by atoms with Crippen LogP contribution in [0.25, 0.3) is 0 Å². The SMILES string of the molecule is CC1=C(C)CC(C(F)(F)C(F)(F)C(F)(F)C(F)F)SC1. The molecule has 0 aromatic rings. The Labute approximate surface area is 114 Å². The maximum Gasteiger partial charge on any atom is 0.379 e. The lowest BCUT2D eigenvalue weighted by atomic mass is 9.96. The molecule has 20 heavy (non-hydrogen) atoms. The molecule has 0 radical (unpaired) electrons. The van der Waals surface area contributed by atoms with Gasteiger partial charge in [0, 0.05) is 5.75 Å². The molecule has 0 aliphatic carbocycles. The highest BCUT2D eigenvalue weighted by Gasteiger charge is 2.77. The average molecular weight is 328 g/mol. The Hall–Kier alpha value is -0.470. The molecule has 1 unspecified atom stereocenters. The topological polar surface area (TPSA) is 0 Å². The summed E-state index contributed by atoms with van der Waals surface area (Å²) in [6.07, 6.45) is -5.41. The van der Waals surface area contributed by atoms with E-state index in [0.717, 1.165) is 0 Å². The van der Waals surface area contributed by atoms with E-state index in [0.29, 0.717) is 22.9 Å². The van der Waals surface area contributed by atoms with Crippen molar-refractivity contribution in [1.29, 1.82) is 0 Å². The van der Waals surface area contributed by atoms with Gasteiger partial charge in [0.15, 0.2) is 0 Å². The van der Waals surface area contributed by atoms with E-state index in [9.17, 15) is 35.1 Å². The quantitative estimate of drug-likeness (QED) is 0.517. The van der Waals surface area contributed by atoms with Gasteiger partial charge in [-0.2, -0.15) is 26.3 Å². The van der Waals surface area contributed by atoms with Gasteiger partial charge in [0.25, 0.3) is 0 Å². The first-order chi connectivity index (χ1) is 8.85. The fourth-order valence-corrected chi connectivity index (χ4v) is 3.08. The molecule has 1 rings (SSSR count). The number of halogens is 8. The molecule has 0 aromatic carbocycles. The van der Waals surface area contributed by atoms with Gasteiger partial charge in [-0.25, -0.2) is 8.78 Å². The Kier molecular flexibility index (Phi) is 4.73. The van der Waals surface area contributed by atoms with Crippen LogP contribution >= 0.6 is 11.8 Å². The predicted octanol–water partition coefficient (Wildman–Crippen LogP) is 5.00. The van der Waals surface area contributed by atoms with Crippen LogP contribution in [0, 0.1) is 0 Å². The van der Waals surface area contributed by atoms with Crippen molar-refractivity contribution >= 4 is 11.8 Å². The van der Waals surface area contributed by atoms with Gasteiger partial charge < -0.3 is 0 Å². The minimum absolute atomic E-state index is 0.0254. The second-order valence-electron chi connectivity index (χ2n) is 4.69. The average Bonchev–Trinajstić information content (AvgIpc) is 2.31. The zero-order chi connectivity index (χ0) is 15.9. The first-order valence-electron chi connectivity index (χ1n) is 5.54. The molecule has 1 atom stereocenters. The van der Waals surface area contributed by atoms with Crippen LogP contribution in [0.2, 0.25) is 0 Å². The highest BCUT2D eigenvalue weighted by molar-refractivity contribution is 8.00. The number of alkyl halides is 8. The number of hydrogen-bond donors (Lipinski definition) is 0. The molecule has 0 aromatic heterocycles. The smallest absolute Gasteiger partial charge is 0.203 e. The first-order valence-corrected chi connectivity index (χ1v) is 6.59. The highest BCUT2D eigenvalue weighted by atomic mass is 32.2. The summed E-state index contributed by atoms with van der Waals surface area (Å²) in [6.45, 7) is 3.02. The van der Waals surface area contributed by atoms with Crippen molar-refractivity contribution in [3.63, 3.8) is 0 Å². The summed E-state index contributed by atoms with van der Waals surface area (Å²) in [5.41, 5.74) is 1.07. The van der Waals surface area contributed by atoms with E-state index in [1.54, 1.807) is 6.92 Å². The third kappa shape index (κ3) is 2.65. The van der Waals surface area contributed by atoms with Crippen LogP contribution < -0.4 is 0 Å². The lowest BCUT2D eigenvalue weighted by molar-refractivity contribution is -0.337. The van der Waals surface area contributed by atoms with Crippen LogP contribution in [-0.4, -0.2) is 35.2 Å². The van der Waals surface area contributed by atoms with E-state index < -0.39 is 35.9 Å². The van der Waals surface area contributed by atoms with Crippen LogP contribution in [0.1, 0.15) is 20.3 Å². The van der Waals surface area contributed by atoms with Crippen molar-refractivity contribution in [1.82, 2.24) is 0 Å². The second-order valence-corrected chi connectivity index (χ2v) is 5.88. The zero-order valence-corrected chi connectivity index (χ0v) is 11.3. The van der Waals surface area contributed by atoms with Crippen LogP contribution in [0.4, 0.5) is 35.1 Å². The maximum absolute atomic E-state index is 13.6. The Balaban J connectivity index is 3.10. The zero-order valence-electron chi connectivity index (χ0n) is 10.5. The summed E-state index contributed by atoms with van der Waals surface area (Å²) >= 11 is 0.371. The van der Waals surface area contributed by atoms with Crippen molar-refractivity contribution < 1.29 is 35.1 Å². The number of hydrogen-bond acceptors (Lipinski definition) is 1. The van der Waals surface area contributed by atoms with Crippen LogP contribution in [-0.2, 0) is 0 Å². The van der Waals surface area contributed by atoms with Crippen LogP contribution in [0.3, 0.4) is 0 Å². The molecule has 0 saturated heterocycles. The van der Waals surface area contributed by atoms with E-state index in [1.807, 2.05) is 0 Å². The summed E-state index contributed by atoms with van der Waals surface area (Å²) in [5.74, 6) is -17.5. The molecule has 118 valence electrons. The van der Waals surface area contributed by atoms with Crippen molar-refractivity contribution in [2.45, 2.75) is 49.7 Å². The lowest BCUT2D eigenvalue weighted by Gasteiger charge is -2.38. The lowest BCUT2D eigenvalue weighted by Crippen LogP contribution is -2.61.